The van der Waals surface area contributed by atoms with E-state index in [-0.39, 0.29) is 6.10 Å². The molecule has 4 nitrogen and oxygen atoms in total. The van der Waals surface area contributed by atoms with Crippen LogP contribution in [0.15, 0.2) is 17.2 Å². The summed E-state index contributed by atoms with van der Waals surface area (Å²) in [6, 6.07) is 4.01. The number of rotatable bonds is 2. The highest BCUT2D eigenvalue weighted by molar-refractivity contribution is 14.1. The summed E-state index contributed by atoms with van der Waals surface area (Å²) in [6.07, 6.45) is 1.05. The molecule has 6 heteroatoms. The largest absolute Gasteiger partial charge is 0.373 e. The molecule has 0 aromatic heterocycles. The number of nitrogens with zero attached hydrogens (tertiary/aromatic N) is 3. The van der Waals surface area contributed by atoms with Crippen molar-refractivity contribution in [2.75, 3.05) is 13.7 Å². The Bertz CT molecular complexity index is 655. The van der Waals surface area contributed by atoms with Gasteiger partial charge in [-0.05, 0) is 18.9 Å². The highest BCUT2D eigenvalue weighted by atomic mass is 127. The molecule has 0 aliphatic carbocycles. The summed E-state index contributed by atoms with van der Waals surface area (Å²) in [5, 5.41) is 7.41. The van der Waals surface area contributed by atoms with Gasteiger partial charge >= 0.3 is 0 Å². The van der Waals surface area contributed by atoms with Crippen LogP contribution in [0.3, 0.4) is 0 Å². The Kier molecular flexibility index (Phi) is 4.12. The van der Waals surface area contributed by atoms with Gasteiger partial charge in [-0.1, -0.05) is 46.3 Å². The van der Waals surface area contributed by atoms with E-state index in [1.165, 1.54) is 0 Å². The van der Waals surface area contributed by atoms with Crippen molar-refractivity contribution in [1.82, 2.24) is 5.01 Å². The summed E-state index contributed by atoms with van der Waals surface area (Å²) in [4.78, 5) is 3.44. The molecule has 2 heterocycles. The molecule has 0 N–H and O–H groups in total. The van der Waals surface area contributed by atoms with Gasteiger partial charge in [-0.15, -0.1) is 0 Å². The lowest BCUT2D eigenvalue weighted by atomic mass is 9.96. The molecular formula is C15H15ClIN3O. The summed E-state index contributed by atoms with van der Waals surface area (Å²) in [7, 11) is 1.73. The van der Waals surface area contributed by atoms with Crippen LogP contribution in [0.1, 0.15) is 17.5 Å². The third kappa shape index (κ3) is 2.43. The molecule has 0 unspecified atom stereocenters. The number of methoxy groups -OCH3 is 1. The van der Waals surface area contributed by atoms with E-state index in [9.17, 15) is 0 Å². The van der Waals surface area contributed by atoms with E-state index in [1.54, 1.807) is 13.2 Å². The fourth-order valence-electron chi connectivity index (χ4n) is 3.08. The predicted octanol–water partition coefficient (Wildman–Crippen LogP) is 3.81. The molecule has 1 saturated heterocycles. The number of fused-ring (bicyclic) bond motifs is 1. The lowest BCUT2D eigenvalue weighted by Gasteiger charge is -2.20. The summed E-state index contributed by atoms with van der Waals surface area (Å²) in [6.45, 7) is 10.0. The molecule has 1 aromatic rings. The van der Waals surface area contributed by atoms with Crippen molar-refractivity contribution in [1.29, 1.82) is 0 Å². The monoisotopic (exact) mass is 415 g/mol. The van der Waals surface area contributed by atoms with E-state index in [1.807, 2.05) is 13.0 Å². The van der Waals surface area contributed by atoms with Crippen molar-refractivity contribution in [2.24, 2.45) is 5.10 Å². The normalized spacial score (nSPS) is 27.5. The van der Waals surface area contributed by atoms with Gasteiger partial charge in [0.1, 0.15) is 6.10 Å². The zero-order valence-corrected chi connectivity index (χ0v) is 14.7. The first-order chi connectivity index (χ1) is 10.1. The summed E-state index contributed by atoms with van der Waals surface area (Å²) < 4.78 is 6.33. The van der Waals surface area contributed by atoms with E-state index in [2.05, 4.69) is 32.4 Å². The van der Waals surface area contributed by atoms with E-state index >= 15 is 0 Å². The second-order valence-corrected chi connectivity index (χ2v) is 7.49. The van der Waals surface area contributed by atoms with Crippen molar-refractivity contribution in [2.45, 2.75) is 29.4 Å². The minimum atomic E-state index is -0.0293. The first-order valence-electron chi connectivity index (χ1n) is 6.75. The van der Waals surface area contributed by atoms with Crippen molar-refractivity contribution in [3.8, 4) is 0 Å². The highest BCUT2D eigenvalue weighted by Crippen LogP contribution is 2.37. The van der Waals surface area contributed by atoms with Gasteiger partial charge in [-0.25, -0.2) is 4.85 Å². The van der Waals surface area contributed by atoms with E-state index < -0.39 is 0 Å². The topological polar surface area (TPSA) is 29.2 Å². The van der Waals surface area contributed by atoms with Crippen molar-refractivity contribution in [3.05, 3.63) is 39.7 Å². The molecule has 1 fully saturated rings. The second kappa shape index (κ2) is 5.75. The van der Waals surface area contributed by atoms with E-state index in [4.69, 9.17) is 28.0 Å². The average Bonchev–Trinajstić information content (AvgIpc) is 2.97. The van der Waals surface area contributed by atoms with Gasteiger partial charge < -0.3 is 4.74 Å². The van der Waals surface area contributed by atoms with Crippen LogP contribution in [0, 0.1) is 13.5 Å². The maximum absolute atomic E-state index is 7.14. The Morgan fingerprint density at radius 1 is 1.52 bits per heavy atom. The fraction of sp³-hybridized carbons (Fsp3) is 0.467. The molecular weight excluding hydrogens is 401 g/mol. The lowest BCUT2D eigenvalue weighted by Crippen LogP contribution is -2.35. The Balaban J connectivity index is 2.03. The maximum atomic E-state index is 7.14. The molecule has 0 spiro atoms. The molecule has 0 amide bonds. The van der Waals surface area contributed by atoms with Gasteiger partial charge in [-0.3, -0.25) is 5.01 Å². The Hall–Kier alpha value is -0.840. The average molecular weight is 416 g/mol. The van der Waals surface area contributed by atoms with E-state index in [0.29, 0.717) is 20.7 Å². The smallest absolute Gasteiger partial charge is 0.205 e. The van der Waals surface area contributed by atoms with Crippen LogP contribution in [0.2, 0.25) is 5.02 Å². The minimum Gasteiger partial charge on any atom is -0.373 e. The van der Waals surface area contributed by atoms with Crippen LogP contribution in [0.4, 0.5) is 5.69 Å². The highest BCUT2D eigenvalue weighted by Gasteiger charge is 2.44. The Morgan fingerprint density at radius 2 is 2.29 bits per heavy atom. The zero-order valence-electron chi connectivity index (χ0n) is 11.8. The first kappa shape index (κ1) is 15.1. The van der Waals surface area contributed by atoms with Crippen LogP contribution < -0.4 is 0 Å². The van der Waals surface area contributed by atoms with Crippen LogP contribution in [0.25, 0.3) is 4.85 Å². The van der Waals surface area contributed by atoms with Crippen LogP contribution in [0.5, 0.6) is 0 Å². The number of hydrogen-bond donors (Lipinski definition) is 0. The van der Waals surface area contributed by atoms with E-state index in [0.717, 1.165) is 29.8 Å². The quantitative estimate of drug-likeness (QED) is 0.418. The standard InChI is InChI=1S/C15H15ClIN3O/c1-8-10(4-5-11(18-2)13(8)16)14-15(21-3)12-6-9(17)7-20(12)19-14/h4-5,9,12,15H,6-7H2,1,3H3/t9-,12-,15-/m0/s1. The molecule has 2 aliphatic heterocycles. The van der Waals surface area contributed by atoms with Crippen molar-refractivity contribution >= 4 is 45.6 Å². The van der Waals surface area contributed by atoms with Crippen LogP contribution in [-0.4, -0.2) is 40.4 Å². The Labute approximate surface area is 143 Å². The first-order valence-corrected chi connectivity index (χ1v) is 8.38. The molecule has 0 saturated carbocycles. The minimum absolute atomic E-state index is 0.0293. The van der Waals surface area contributed by atoms with Crippen LogP contribution >= 0.6 is 34.2 Å². The van der Waals surface area contributed by atoms with Gasteiger partial charge in [0.05, 0.1) is 23.3 Å². The fourth-order valence-corrected chi connectivity index (χ4v) is 4.21. The number of alkyl halides is 1. The van der Waals surface area contributed by atoms with Gasteiger partial charge in [0.25, 0.3) is 0 Å². The van der Waals surface area contributed by atoms with Gasteiger partial charge in [0.15, 0.2) is 0 Å². The zero-order chi connectivity index (χ0) is 15.1. The summed E-state index contributed by atoms with van der Waals surface area (Å²) in [5.41, 5.74) is 3.30. The van der Waals surface area contributed by atoms with Crippen molar-refractivity contribution in [3.63, 3.8) is 0 Å². The summed E-state index contributed by atoms with van der Waals surface area (Å²) in [5.74, 6) is 0. The molecule has 110 valence electrons. The lowest BCUT2D eigenvalue weighted by molar-refractivity contribution is 0.0987. The maximum Gasteiger partial charge on any atom is 0.205 e. The molecule has 0 radical (unpaired) electrons. The molecule has 1 aromatic carbocycles. The molecule has 3 atom stereocenters. The molecule has 3 rings (SSSR count). The van der Waals surface area contributed by atoms with Crippen molar-refractivity contribution < 1.29 is 4.74 Å². The number of hydrogen-bond acceptors (Lipinski definition) is 3. The van der Waals surface area contributed by atoms with Gasteiger partial charge in [0.2, 0.25) is 5.69 Å². The summed E-state index contributed by atoms with van der Waals surface area (Å²) >= 11 is 8.76. The third-order valence-corrected chi connectivity index (χ3v) is 5.52. The van der Waals surface area contributed by atoms with Gasteiger partial charge in [0, 0.05) is 23.1 Å². The number of halogens is 2. The molecule has 2 aliphatic rings. The third-order valence-electron chi connectivity index (χ3n) is 4.14. The number of benzene rings is 1. The molecule has 0 bridgehead atoms. The predicted molar refractivity (Wildman–Crippen MR) is 92.7 cm³/mol. The van der Waals surface area contributed by atoms with Gasteiger partial charge in [-0.2, -0.15) is 5.10 Å². The Morgan fingerprint density at radius 3 is 2.95 bits per heavy atom. The second-order valence-electron chi connectivity index (χ2n) is 5.35. The SMILES string of the molecule is [C-]#[N+]c1ccc(C2=NN3C[C@@H](I)C[C@H]3[C@@H]2OC)c(C)c1Cl. The number of ether oxygens (including phenoxy) is 1. The number of hydrazone groups is 1. The molecule has 21 heavy (non-hydrogen) atoms. The van der Waals surface area contributed by atoms with Crippen LogP contribution in [-0.2, 0) is 4.74 Å².